The quantitative estimate of drug-likeness (QED) is 0.684. The zero-order valence-electron chi connectivity index (χ0n) is 17.5. The zero-order chi connectivity index (χ0) is 20.2. The van der Waals surface area contributed by atoms with Crippen molar-refractivity contribution in [3.05, 3.63) is 66.2 Å². The van der Waals surface area contributed by atoms with E-state index >= 15 is 0 Å². The van der Waals surface area contributed by atoms with Crippen molar-refractivity contribution in [2.24, 2.45) is 0 Å². The molecular formula is C24H29N5. The number of aromatic nitrogens is 2. The topological polar surface area (TPSA) is 44.3 Å². The van der Waals surface area contributed by atoms with E-state index < -0.39 is 0 Å². The Kier molecular flexibility index (Phi) is 5.76. The molecule has 1 aliphatic heterocycles. The third kappa shape index (κ3) is 4.74. The lowest BCUT2D eigenvalue weighted by molar-refractivity contribution is 0.312. The molecule has 3 aromatic rings. The standard InChI is InChI=1S/C24H29N5/c1-18(2)19-9-11-21(12-10-19)25-22-17-23(29-15-13-28(3)14-16-29)27-24(26-22)20-7-5-4-6-8-20/h4-12,17-18H,13-16H2,1-3H3,(H,25,26,27). The van der Waals surface area contributed by atoms with Crippen LogP contribution in [-0.2, 0) is 0 Å². The first-order valence-corrected chi connectivity index (χ1v) is 10.3. The van der Waals surface area contributed by atoms with Gasteiger partial charge in [0.15, 0.2) is 5.82 Å². The van der Waals surface area contributed by atoms with Gasteiger partial charge in [0.1, 0.15) is 11.6 Å². The minimum atomic E-state index is 0.525. The third-order valence-corrected chi connectivity index (χ3v) is 5.42. The van der Waals surface area contributed by atoms with E-state index in [0.717, 1.165) is 54.9 Å². The van der Waals surface area contributed by atoms with Crippen molar-refractivity contribution in [3.63, 3.8) is 0 Å². The number of nitrogens with zero attached hydrogens (tertiary/aromatic N) is 4. The normalized spacial score (nSPS) is 15.0. The highest BCUT2D eigenvalue weighted by molar-refractivity contribution is 5.65. The summed E-state index contributed by atoms with van der Waals surface area (Å²) in [6.07, 6.45) is 0. The molecular weight excluding hydrogens is 358 g/mol. The first-order chi connectivity index (χ1) is 14.1. The molecule has 29 heavy (non-hydrogen) atoms. The molecule has 0 aliphatic carbocycles. The van der Waals surface area contributed by atoms with Crippen molar-refractivity contribution in [2.75, 3.05) is 43.4 Å². The monoisotopic (exact) mass is 387 g/mol. The molecule has 0 unspecified atom stereocenters. The molecule has 1 aliphatic rings. The van der Waals surface area contributed by atoms with E-state index in [2.05, 4.69) is 78.5 Å². The minimum Gasteiger partial charge on any atom is -0.354 e. The van der Waals surface area contributed by atoms with E-state index in [1.165, 1.54) is 5.56 Å². The van der Waals surface area contributed by atoms with Gasteiger partial charge in [0.05, 0.1) is 0 Å². The van der Waals surface area contributed by atoms with Crippen LogP contribution < -0.4 is 10.2 Å². The molecule has 5 nitrogen and oxygen atoms in total. The van der Waals surface area contributed by atoms with Gasteiger partial charge in [0.25, 0.3) is 0 Å². The number of nitrogens with one attached hydrogen (secondary N) is 1. The summed E-state index contributed by atoms with van der Waals surface area (Å²) in [5.74, 6) is 3.08. The van der Waals surface area contributed by atoms with Crippen LogP contribution in [-0.4, -0.2) is 48.1 Å². The molecule has 5 heteroatoms. The van der Waals surface area contributed by atoms with Gasteiger partial charge in [-0.05, 0) is 30.7 Å². The van der Waals surface area contributed by atoms with Gasteiger partial charge in [-0.25, -0.2) is 9.97 Å². The van der Waals surface area contributed by atoms with Crippen LogP contribution in [0.4, 0.5) is 17.3 Å². The summed E-state index contributed by atoms with van der Waals surface area (Å²) in [5, 5.41) is 3.48. The number of benzene rings is 2. The number of piperazine rings is 1. The summed E-state index contributed by atoms with van der Waals surface area (Å²) in [6.45, 7) is 8.46. The van der Waals surface area contributed by atoms with E-state index in [1.807, 2.05) is 18.2 Å². The largest absolute Gasteiger partial charge is 0.354 e. The van der Waals surface area contributed by atoms with Gasteiger partial charge >= 0.3 is 0 Å². The SMILES string of the molecule is CC(C)c1ccc(Nc2cc(N3CCN(C)CC3)nc(-c3ccccc3)n2)cc1. The predicted molar refractivity (Wildman–Crippen MR) is 121 cm³/mol. The first-order valence-electron chi connectivity index (χ1n) is 10.3. The third-order valence-electron chi connectivity index (χ3n) is 5.42. The Bertz CT molecular complexity index is 929. The van der Waals surface area contributed by atoms with Crippen LogP contribution in [0.3, 0.4) is 0 Å². The van der Waals surface area contributed by atoms with Gasteiger partial charge in [0, 0.05) is 43.5 Å². The maximum atomic E-state index is 4.89. The highest BCUT2D eigenvalue weighted by Crippen LogP contribution is 2.26. The smallest absolute Gasteiger partial charge is 0.163 e. The lowest BCUT2D eigenvalue weighted by Crippen LogP contribution is -2.44. The van der Waals surface area contributed by atoms with E-state index in [9.17, 15) is 0 Å². The Labute approximate surface area is 173 Å². The van der Waals surface area contributed by atoms with Gasteiger partial charge in [-0.3, -0.25) is 0 Å². The number of likely N-dealkylation sites (N-methyl/N-ethyl adjacent to an activating group) is 1. The van der Waals surface area contributed by atoms with Crippen LogP contribution in [0.5, 0.6) is 0 Å². The Morgan fingerprint density at radius 1 is 0.862 bits per heavy atom. The van der Waals surface area contributed by atoms with E-state index in [0.29, 0.717) is 5.92 Å². The summed E-state index contributed by atoms with van der Waals surface area (Å²) in [5.41, 5.74) is 3.40. The van der Waals surface area contributed by atoms with Crippen molar-refractivity contribution in [3.8, 4) is 11.4 Å². The molecule has 0 amide bonds. The van der Waals surface area contributed by atoms with E-state index in [-0.39, 0.29) is 0 Å². The minimum absolute atomic E-state index is 0.525. The van der Waals surface area contributed by atoms with Crippen molar-refractivity contribution in [1.82, 2.24) is 14.9 Å². The van der Waals surface area contributed by atoms with Crippen LogP contribution in [0.2, 0.25) is 0 Å². The van der Waals surface area contributed by atoms with Gasteiger partial charge in [-0.2, -0.15) is 0 Å². The number of hydrogen-bond donors (Lipinski definition) is 1. The summed E-state index contributed by atoms with van der Waals surface area (Å²) in [4.78, 5) is 14.4. The van der Waals surface area contributed by atoms with Crippen molar-refractivity contribution in [1.29, 1.82) is 0 Å². The van der Waals surface area contributed by atoms with Crippen LogP contribution in [0.15, 0.2) is 60.7 Å². The van der Waals surface area contributed by atoms with Crippen LogP contribution in [0.1, 0.15) is 25.3 Å². The number of hydrogen-bond acceptors (Lipinski definition) is 5. The average molecular weight is 388 g/mol. The molecule has 4 rings (SSSR count). The van der Waals surface area contributed by atoms with Crippen LogP contribution in [0, 0.1) is 0 Å². The Morgan fingerprint density at radius 2 is 1.55 bits per heavy atom. The molecule has 0 radical (unpaired) electrons. The van der Waals surface area contributed by atoms with Crippen LogP contribution in [0.25, 0.3) is 11.4 Å². The van der Waals surface area contributed by atoms with Crippen molar-refractivity contribution < 1.29 is 0 Å². The molecule has 1 aromatic heterocycles. The average Bonchev–Trinajstić information content (AvgIpc) is 2.75. The van der Waals surface area contributed by atoms with Gasteiger partial charge < -0.3 is 15.1 Å². The summed E-state index contributed by atoms with van der Waals surface area (Å²) >= 11 is 0. The predicted octanol–water partition coefficient (Wildman–Crippen LogP) is 4.76. The fraction of sp³-hybridized carbons (Fsp3) is 0.333. The highest BCUT2D eigenvalue weighted by atomic mass is 15.3. The molecule has 0 atom stereocenters. The lowest BCUT2D eigenvalue weighted by Gasteiger charge is -2.33. The second-order valence-corrected chi connectivity index (χ2v) is 7.99. The summed E-state index contributed by atoms with van der Waals surface area (Å²) < 4.78 is 0. The number of anilines is 3. The molecule has 0 bridgehead atoms. The lowest BCUT2D eigenvalue weighted by atomic mass is 10.0. The molecule has 150 valence electrons. The molecule has 0 saturated carbocycles. The molecule has 1 N–H and O–H groups in total. The van der Waals surface area contributed by atoms with Gasteiger partial charge in [-0.15, -0.1) is 0 Å². The number of rotatable bonds is 5. The fourth-order valence-electron chi connectivity index (χ4n) is 3.51. The fourth-order valence-corrected chi connectivity index (χ4v) is 3.51. The van der Waals surface area contributed by atoms with Crippen molar-refractivity contribution >= 4 is 17.3 Å². The maximum Gasteiger partial charge on any atom is 0.163 e. The summed E-state index contributed by atoms with van der Waals surface area (Å²) in [7, 11) is 2.17. The van der Waals surface area contributed by atoms with Gasteiger partial charge in [0.2, 0.25) is 0 Å². The Morgan fingerprint density at radius 3 is 2.21 bits per heavy atom. The molecule has 1 fully saturated rings. The van der Waals surface area contributed by atoms with E-state index in [4.69, 9.17) is 9.97 Å². The molecule has 0 spiro atoms. The van der Waals surface area contributed by atoms with Crippen LogP contribution >= 0.6 is 0 Å². The molecule has 2 aromatic carbocycles. The molecule has 2 heterocycles. The maximum absolute atomic E-state index is 4.89. The second kappa shape index (κ2) is 8.62. The highest BCUT2D eigenvalue weighted by Gasteiger charge is 2.18. The van der Waals surface area contributed by atoms with E-state index in [1.54, 1.807) is 0 Å². The first kappa shape index (κ1) is 19.4. The Hall–Kier alpha value is -2.92. The summed E-state index contributed by atoms with van der Waals surface area (Å²) in [6, 6.07) is 20.8. The molecule has 1 saturated heterocycles. The van der Waals surface area contributed by atoms with Gasteiger partial charge in [-0.1, -0.05) is 56.3 Å². The second-order valence-electron chi connectivity index (χ2n) is 7.99. The zero-order valence-corrected chi connectivity index (χ0v) is 17.5. The Balaban J connectivity index is 1.65. The van der Waals surface area contributed by atoms with Crippen molar-refractivity contribution in [2.45, 2.75) is 19.8 Å².